The quantitative estimate of drug-likeness (QED) is 0.713. The van der Waals surface area contributed by atoms with Crippen LogP contribution in [0.5, 0.6) is 0 Å². The molecular weight excluding hydrogens is 431 g/mol. The molecule has 1 N–H and O–H groups in total. The monoisotopic (exact) mass is 448 g/mol. The molecule has 162 valence electrons. The zero-order valence-electron chi connectivity index (χ0n) is 15.6. The first-order valence-electron chi connectivity index (χ1n) is 9.09. The molecule has 2 aromatic rings. The van der Waals surface area contributed by atoms with E-state index in [2.05, 4.69) is 10.3 Å². The fourth-order valence-corrected chi connectivity index (χ4v) is 3.44. The number of anilines is 2. The number of pyridine rings is 1. The Morgan fingerprint density at radius 3 is 2.47 bits per heavy atom. The number of carbonyl (C=O) groups is 1. The van der Waals surface area contributed by atoms with Crippen molar-refractivity contribution in [3.63, 3.8) is 0 Å². The average Bonchev–Trinajstić information content (AvgIpc) is 2.89. The third kappa shape index (κ3) is 5.37. The number of carbonyl (C=O) groups excluding carboxylic acids is 1. The molecule has 0 atom stereocenters. The van der Waals surface area contributed by atoms with Gasteiger partial charge in [0.05, 0.1) is 17.1 Å². The van der Waals surface area contributed by atoms with Gasteiger partial charge in [-0.1, -0.05) is 17.7 Å². The molecule has 1 aliphatic heterocycles. The van der Waals surface area contributed by atoms with Crippen molar-refractivity contribution in [1.82, 2.24) is 9.88 Å². The van der Waals surface area contributed by atoms with Crippen LogP contribution in [0.25, 0.3) is 0 Å². The molecule has 0 saturated carbocycles. The smallest absolute Gasteiger partial charge is 0.354 e. The molecule has 0 bridgehead atoms. The van der Waals surface area contributed by atoms with Crippen molar-refractivity contribution in [3.8, 4) is 0 Å². The molecule has 0 unspecified atom stereocenters. The molecule has 1 aromatic heterocycles. The molecule has 30 heavy (non-hydrogen) atoms. The van der Waals surface area contributed by atoms with Crippen LogP contribution in [-0.2, 0) is 11.0 Å². The first-order chi connectivity index (χ1) is 14.1. The molecule has 11 heteroatoms. The lowest BCUT2D eigenvalue weighted by molar-refractivity contribution is -0.137. The van der Waals surface area contributed by atoms with E-state index in [1.807, 2.05) is 0 Å². The van der Waals surface area contributed by atoms with Gasteiger partial charge in [-0.2, -0.15) is 13.2 Å². The van der Waals surface area contributed by atoms with Gasteiger partial charge in [0.1, 0.15) is 23.1 Å². The third-order valence-electron chi connectivity index (χ3n) is 4.63. The Hall–Kier alpha value is -2.46. The maximum absolute atomic E-state index is 13.7. The molecular formula is C19H18ClF5N4O. The predicted octanol–water partition coefficient (Wildman–Crippen LogP) is 4.18. The van der Waals surface area contributed by atoms with E-state index in [9.17, 15) is 26.7 Å². The Morgan fingerprint density at radius 2 is 1.83 bits per heavy atom. The number of hydrogen-bond acceptors (Lipinski definition) is 4. The van der Waals surface area contributed by atoms with Gasteiger partial charge in [-0.25, -0.2) is 13.8 Å². The number of halogens is 6. The van der Waals surface area contributed by atoms with Gasteiger partial charge in [-0.3, -0.25) is 9.69 Å². The number of benzene rings is 1. The minimum Gasteiger partial charge on any atom is -0.354 e. The molecule has 2 heterocycles. The van der Waals surface area contributed by atoms with Crippen LogP contribution >= 0.6 is 11.6 Å². The molecule has 1 aromatic carbocycles. The summed E-state index contributed by atoms with van der Waals surface area (Å²) in [6, 6.07) is 4.12. The number of hydrogen-bond donors (Lipinski definition) is 1. The van der Waals surface area contributed by atoms with E-state index in [-0.39, 0.29) is 17.4 Å². The van der Waals surface area contributed by atoms with Gasteiger partial charge in [0.15, 0.2) is 0 Å². The molecule has 1 saturated heterocycles. The van der Waals surface area contributed by atoms with Gasteiger partial charge in [0.25, 0.3) is 0 Å². The maximum Gasteiger partial charge on any atom is 0.417 e. The number of rotatable bonds is 4. The highest BCUT2D eigenvalue weighted by Crippen LogP contribution is 2.33. The number of nitrogens with one attached hydrogen (secondary N) is 1. The number of para-hydroxylation sites is 1. The molecule has 1 aliphatic rings. The molecule has 0 spiro atoms. The number of nitrogens with zero attached hydrogens (tertiary/aromatic N) is 3. The van der Waals surface area contributed by atoms with Crippen molar-refractivity contribution in [2.75, 3.05) is 42.9 Å². The highest BCUT2D eigenvalue weighted by atomic mass is 35.5. The van der Waals surface area contributed by atoms with Gasteiger partial charge >= 0.3 is 6.18 Å². The Kier molecular flexibility index (Phi) is 6.77. The normalized spacial score (nSPS) is 15.7. The highest BCUT2D eigenvalue weighted by Gasteiger charge is 2.32. The molecule has 0 radical (unpaired) electrons. The summed E-state index contributed by atoms with van der Waals surface area (Å²) in [5, 5.41) is 2.13. The van der Waals surface area contributed by atoms with Crippen LogP contribution in [0.2, 0.25) is 5.02 Å². The minimum absolute atomic E-state index is 0.0875. The van der Waals surface area contributed by atoms with Gasteiger partial charge < -0.3 is 10.2 Å². The van der Waals surface area contributed by atoms with Crippen molar-refractivity contribution < 1.29 is 26.7 Å². The van der Waals surface area contributed by atoms with Crippen LogP contribution in [0.1, 0.15) is 12.0 Å². The Bertz CT molecular complexity index is 904. The van der Waals surface area contributed by atoms with E-state index in [0.717, 1.165) is 24.4 Å². The summed E-state index contributed by atoms with van der Waals surface area (Å²) in [6.07, 6.45) is -3.20. The maximum atomic E-state index is 13.7. The number of amides is 1. The van der Waals surface area contributed by atoms with Crippen molar-refractivity contribution >= 4 is 29.0 Å². The lowest BCUT2D eigenvalue weighted by Gasteiger charge is -2.23. The summed E-state index contributed by atoms with van der Waals surface area (Å²) in [6.45, 7) is 1.68. The zero-order valence-corrected chi connectivity index (χ0v) is 16.4. The summed E-state index contributed by atoms with van der Waals surface area (Å²) in [4.78, 5) is 19.6. The van der Waals surface area contributed by atoms with Gasteiger partial charge in [-0.05, 0) is 24.6 Å². The second kappa shape index (κ2) is 9.13. The molecule has 1 amide bonds. The van der Waals surface area contributed by atoms with Gasteiger partial charge in [0.2, 0.25) is 5.91 Å². The number of alkyl halides is 3. The van der Waals surface area contributed by atoms with Crippen LogP contribution in [0.15, 0.2) is 30.5 Å². The standard InChI is InChI=1S/C19H18ClF5N4O/c20-13-9-12(19(23,24)25)10-26-18(13)29-6-2-5-28(7-8-29)11-16(30)27-17-14(21)3-1-4-15(17)22/h1,3-4,9-10H,2,5-8,11H2,(H,27,30). The second-order valence-corrected chi connectivity index (χ2v) is 7.20. The lowest BCUT2D eigenvalue weighted by atomic mass is 10.2. The van der Waals surface area contributed by atoms with E-state index in [1.165, 1.54) is 6.07 Å². The molecule has 5 nitrogen and oxygen atoms in total. The summed E-state index contributed by atoms with van der Waals surface area (Å²) < 4.78 is 65.7. The lowest BCUT2D eigenvalue weighted by Crippen LogP contribution is -2.36. The van der Waals surface area contributed by atoms with E-state index < -0.39 is 35.0 Å². The van der Waals surface area contributed by atoms with Crippen LogP contribution in [-0.4, -0.2) is 48.5 Å². The summed E-state index contributed by atoms with van der Waals surface area (Å²) in [5.74, 6) is -2.07. The first-order valence-corrected chi connectivity index (χ1v) is 9.47. The van der Waals surface area contributed by atoms with Crippen molar-refractivity contribution in [2.45, 2.75) is 12.6 Å². The van der Waals surface area contributed by atoms with Crippen LogP contribution in [0.4, 0.5) is 33.5 Å². The average molecular weight is 449 g/mol. The van der Waals surface area contributed by atoms with E-state index in [0.29, 0.717) is 32.6 Å². The zero-order chi connectivity index (χ0) is 21.9. The molecule has 1 fully saturated rings. The largest absolute Gasteiger partial charge is 0.417 e. The van der Waals surface area contributed by atoms with Crippen LogP contribution in [0, 0.1) is 11.6 Å². The molecule has 0 aliphatic carbocycles. The fourth-order valence-electron chi connectivity index (χ4n) is 3.16. The third-order valence-corrected chi connectivity index (χ3v) is 4.91. The Balaban J connectivity index is 1.61. The van der Waals surface area contributed by atoms with E-state index in [1.54, 1.807) is 9.80 Å². The number of aromatic nitrogens is 1. The Labute approximate surface area is 174 Å². The van der Waals surface area contributed by atoms with E-state index >= 15 is 0 Å². The highest BCUT2D eigenvalue weighted by molar-refractivity contribution is 6.33. The second-order valence-electron chi connectivity index (χ2n) is 6.79. The summed E-state index contributed by atoms with van der Waals surface area (Å²) in [5.41, 5.74) is -1.43. The summed E-state index contributed by atoms with van der Waals surface area (Å²) >= 11 is 6.01. The van der Waals surface area contributed by atoms with Crippen LogP contribution in [0.3, 0.4) is 0 Å². The van der Waals surface area contributed by atoms with Gasteiger partial charge in [-0.15, -0.1) is 0 Å². The summed E-state index contributed by atoms with van der Waals surface area (Å²) in [7, 11) is 0. The Morgan fingerprint density at radius 1 is 1.13 bits per heavy atom. The van der Waals surface area contributed by atoms with Crippen molar-refractivity contribution in [1.29, 1.82) is 0 Å². The predicted molar refractivity (Wildman–Crippen MR) is 103 cm³/mol. The van der Waals surface area contributed by atoms with Crippen LogP contribution < -0.4 is 10.2 Å². The van der Waals surface area contributed by atoms with Crippen molar-refractivity contribution in [2.24, 2.45) is 0 Å². The fraction of sp³-hybridized carbons (Fsp3) is 0.368. The van der Waals surface area contributed by atoms with Crippen molar-refractivity contribution in [3.05, 3.63) is 52.7 Å². The van der Waals surface area contributed by atoms with Gasteiger partial charge in [0, 0.05) is 32.4 Å². The minimum atomic E-state index is -4.53. The SMILES string of the molecule is O=C(CN1CCCN(c2ncc(C(F)(F)F)cc2Cl)CC1)Nc1c(F)cccc1F. The molecule has 3 rings (SSSR count). The van der Waals surface area contributed by atoms with E-state index in [4.69, 9.17) is 11.6 Å². The first kappa shape index (κ1) is 22.2. The topological polar surface area (TPSA) is 48.5 Å².